The fraction of sp³-hybridized carbons (Fsp3) is 0.308. The van der Waals surface area contributed by atoms with E-state index in [1.807, 2.05) is 30.3 Å². The number of aliphatic hydroxyl groups is 1. The largest absolute Gasteiger partial charge is 0.384 e. The second kappa shape index (κ2) is 6.06. The van der Waals surface area contributed by atoms with E-state index < -0.39 is 5.60 Å². The van der Waals surface area contributed by atoms with Gasteiger partial charge in [-0.2, -0.15) is 0 Å². The second-order valence-corrected chi connectivity index (χ2v) is 4.01. The van der Waals surface area contributed by atoms with Crippen LogP contribution in [0.3, 0.4) is 0 Å². The molecule has 0 aliphatic heterocycles. The van der Waals surface area contributed by atoms with Gasteiger partial charge in [0.15, 0.2) is 5.96 Å². The summed E-state index contributed by atoms with van der Waals surface area (Å²) in [6.45, 7) is 6.06. The van der Waals surface area contributed by atoms with Crippen molar-refractivity contribution in [3.8, 4) is 0 Å². The summed E-state index contributed by atoms with van der Waals surface area (Å²) >= 11 is 0. The van der Waals surface area contributed by atoms with E-state index in [4.69, 9.17) is 5.73 Å². The Morgan fingerprint density at radius 2 is 2.18 bits per heavy atom. The van der Waals surface area contributed by atoms with Crippen molar-refractivity contribution >= 4 is 5.96 Å². The summed E-state index contributed by atoms with van der Waals surface area (Å²) in [5.74, 6) is 0.307. The van der Waals surface area contributed by atoms with Crippen LogP contribution < -0.4 is 11.1 Å². The molecule has 0 heterocycles. The Morgan fingerprint density at radius 3 is 2.76 bits per heavy atom. The van der Waals surface area contributed by atoms with Gasteiger partial charge in [0.1, 0.15) is 5.60 Å². The number of hydrogen-bond acceptors (Lipinski definition) is 2. The summed E-state index contributed by atoms with van der Waals surface area (Å²) in [6.07, 6.45) is 1.69. The first-order valence-corrected chi connectivity index (χ1v) is 5.49. The Hall–Kier alpha value is -1.81. The molecule has 0 fully saturated rings. The maximum atomic E-state index is 10.2. The molecule has 4 nitrogen and oxygen atoms in total. The fourth-order valence-corrected chi connectivity index (χ4v) is 1.36. The molecule has 0 saturated heterocycles. The van der Waals surface area contributed by atoms with Crippen LogP contribution in [0.4, 0.5) is 0 Å². The van der Waals surface area contributed by atoms with Crippen LogP contribution in [0.5, 0.6) is 0 Å². The number of nitrogens with two attached hydrogens (primary N) is 1. The molecule has 4 heteroatoms. The minimum absolute atomic E-state index is 0.215. The molecule has 1 aromatic carbocycles. The van der Waals surface area contributed by atoms with Crippen molar-refractivity contribution in [3.63, 3.8) is 0 Å². The molecule has 1 unspecified atom stereocenters. The van der Waals surface area contributed by atoms with E-state index in [2.05, 4.69) is 16.9 Å². The predicted octanol–water partition coefficient (Wildman–Crippen LogP) is 0.984. The Bertz CT molecular complexity index is 385. The van der Waals surface area contributed by atoms with E-state index in [1.54, 1.807) is 13.0 Å². The highest BCUT2D eigenvalue weighted by atomic mass is 16.3. The molecule has 92 valence electrons. The highest BCUT2D eigenvalue weighted by molar-refractivity contribution is 5.77. The Balaban J connectivity index is 2.64. The number of aliphatic imine (C=N–C) groups is 1. The zero-order valence-corrected chi connectivity index (χ0v) is 10.1. The van der Waals surface area contributed by atoms with Gasteiger partial charge in [-0.25, -0.2) is 0 Å². The van der Waals surface area contributed by atoms with Crippen molar-refractivity contribution < 1.29 is 5.11 Å². The highest BCUT2D eigenvalue weighted by Crippen LogP contribution is 2.20. The van der Waals surface area contributed by atoms with Gasteiger partial charge in [-0.1, -0.05) is 36.4 Å². The summed E-state index contributed by atoms with van der Waals surface area (Å²) in [5.41, 5.74) is 5.43. The molecule has 0 saturated carbocycles. The molecule has 0 amide bonds. The number of guanidine groups is 1. The third-order valence-electron chi connectivity index (χ3n) is 2.38. The zero-order valence-electron chi connectivity index (χ0n) is 10.1. The number of nitrogens with one attached hydrogen (secondary N) is 1. The van der Waals surface area contributed by atoms with E-state index >= 15 is 0 Å². The first-order valence-electron chi connectivity index (χ1n) is 5.49. The van der Waals surface area contributed by atoms with E-state index in [1.165, 1.54) is 0 Å². The average Bonchev–Trinajstić information content (AvgIpc) is 2.35. The minimum atomic E-state index is -1.01. The van der Waals surface area contributed by atoms with Crippen LogP contribution in [0, 0.1) is 0 Å². The first kappa shape index (κ1) is 13.3. The smallest absolute Gasteiger partial charge is 0.188 e. The van der Waals surface area contributed by atoms with Gasteiger partial charge in [0.25, 0.3) is 0 Å². The normalized spacial score (nSPS) is 15.1. The molecular weight excluding hydrogens is 214 g/mol. The van der Waals surface area contributed by atoms with E-state index in [0.717, 1.165) is 5.56 Å². The van der Waals surface area contributed by atoms with Crippen LogP contribution >= 0.6 is 0 Å². The monoisotopic (exact) mass is 233 g/mol. The highest BCUT2D eigenvalue weighted by Gasteiger charge is 2.22. The van der Waals surface area contributed by atoms with Gasteiger partial charge in [0.2, 0.25) is 0 Å². The van der Waals surface area contributed by atoms with Crippen LogP contribution in [0.15, 0.2) is 48.0 Å². The van der Waals surface area contributed by atoms with Crippen molar-refractivity contribution in [1.29, 1.82) is 0 Å². The van der Waals surface area contributed by atoms with Gasteiger partial charge in [-0.05, 0) is 12.5 Å². The molecule has 1 atom stereocenters. The summed E-state index contributed by atoms with van der Waals surface area (Å²) in [4.78, 5) is 4.10. The molecule has 1 aromatic rings. The van der Waals surface area contributed by atoms with E-state index in [-0.39, 0.29) is 6.54 Å². The molecule has 0 aliphatic carbocycles. The summed E-state index contributed by atoms with van der Waals surface area (Å²) in [5, 5.41) is 13.1. The predicted molar refractivity (Wildman–Crippen MR) is 70.7 cm³/mol. The molecule has 0 bridgehead atoms. The number of benzene rings is 1. The second-order valence-electron chi connectivity index (χ2n) is 4.01. The van der Waals surface area contributed by atoms with Crippen molar-refractivity contribution in [3.05, 3.63) is 48.6 Å². The van der Waals surface area contributed by atoms with Crippen LogP contribution in [-0.4, -0.2) is 24.2 Å². The average molecular weight is 233 g/mol. The lowest BCUT2D eigenvalue weighted by Gasteiger charge is -2.21. The molecule has 1 rings (SSSR count). The molecule has 0 radical (unpaired) electrons. The third kappa shape index (κ3) is 4.28. The number of rotatable bonds is 5. The molecule has 0 aliphatic rings. The lowest BCUT2D eigenvalue weighted by molar-refractivity contribution is 0.0673. The van der Waals surface area contributed by atoms with E-state index in [9.17, 15) is 5.11 Å². The lowest BCUT2D eigenvalue weighted by atomic mass is 9.96. The quantitative estimate of drug-likeness (QED) is 0.403. The van der Waals surface area contributed by atoms with E-state index in [0.29, 0.717) is 12.5 Å². The molecule has 17 heavy (non-hydrogen) atoms. The molecular formula is C13H19N3O. The summed E-state index contributed by atoms with van der Waals surface area (Å²) in [6, 6.07) is 9.40. The SMILES string of the molecule is C=CCNC(N)=NCC(C)(O)c1ccccc1. The topological polar surface area (TPSA) is 70.6 Å². The Kier molecular flexibility index (Phi) is 4.72. The maximum Gasteiger partial charge on any atom is 0.188 e. The van der Waals surface area contributed by atoms with Gasteiger partial charge in [-0.3, -0.25) is 4.99 Å². The standard InChI is InChI=1S/C13H19N3O/c1-3-9-15-12(14)16-10-13(2,17)11-7-5-4-6-8-11/h3-8,17H,1,9-10H2,2H3,(H3,14,15,16). The van der Waals surface area contributed by atoms with Gasteiger partial charge in [-0.15, -0.1) is 6.58 Å². The van der Waals surface area contributed by atoms with Gasteiger partial charge in [0, 0.05) is 6.54 Å². The molecule has 0 spiro atoms. The third-order valence-corrected chi connectivity index (χ3v) is 2.38. The first-order chi connectivity index (χ1) is 8.06. The molecule has 0 aromatic heterocycles. The van der Waals surface area contributed by atoms with Crippen molar-refractivity contribution in [2.24, 2.45) is 10.7 Å². The van der Waals surface area contributed by atoms with Gasteiger partial charge < -0.3 is 16.2 Å². The zero-order chi connectivity index (χ0) is 12.7. The van der Waals surface area contributed by atoms with Crippen molar-refractivity contribution in [2.75, 3.05) is 13.1 Å². The van der Waals surface area contributed by atoms with Crippen LogP contribution in [0.2, 0.25) is 0 Å². The van der Waals surface area contributed by atoms with Crippen molar-refractivity contribution in [2.45, 2.75) is 12.5 Å². The fourth-order valence-electron chi connectivity index (χ4n) is 1.36. The minimum Gasteiger partial charge on any atom is -0.384 e. The Labute approximate surface area is 102 Å². The molecule has 4 N–H and O–H groups in total. The van der Waals surface area contributed by atoms with Crippen LogP contribution in [-0.2, 0) is 5.60 Å². The summed E-state index contributed by atoms with van der Waals surface area (Å²) in [7, 11) is 0. The van der Waals surface area contributed by atoms with Gasteiger partial charge in [0.05, 0.1) is 6.54 Å². The number of hydrogen-bond donors (Lipinski definition) is 3. The van der Waals surface area contributed by atoms with Gasteiger partial charge >= 0.3 is 0 Å². The maximum absolute atomic E-state index is 10.2. The van der Waals surface area contributed by atoms with Crippen LogP contribution in [0.1, 0.15) is 12.5 Å². The lowest BCUT2D eigenvalue weighted by Crippen LogP contribution is -2.34. The van der Waals surface area contributed by atoms with Crippen molar-refractivity contribution in [1.82, 2.24) is 5.32 Å². The number of nitrogens with zero attached hydrogens (tertiary/aromatic N) is 1. The summed E-state index contributed by atoms with van der Waals surface area (Å²) < 4.78 is 0. The Morgan fingerprint density at radius 1 is 1.53 bits per heavy atom. The van der Waals surface area contributed by atoms with Crippen LogP contribution in [0.25, 0.3) is 0 Å².